The van der Waals surface area contributed by atoms with Gasteiger partial charge in [0.2, 0.25) is 5.95 Å². The van der Waals surface area contributed by atoms with Crippen LogP contribution in [0.4, 0.5) is 22.2 Å². The lowest BCUT2D eigenvalue weighted by Gasteiger charge is -2.36. The Balaban J connectivity index is 2.01. The molecule has 0 saturated carbocycles. The van der Waals surface area contributed by atoms with Gasteiger partial charge in [0.15, 0.2) is 0 Å². The zero-order chi connectivity index (χ0) is 17.3. The van der Waals surface area contributed by atoms with Gasteiger partial charge in [-0.15, -0.1) is 0 Å². The Bertz CT molecular complexity index is 764. The Morgan fingerprint density at radius 3 is 2.75 bits per heavy atom. The van der Waals surface area contributed by atoms with E-state index in [0.29, 0.717) is 35.6 Å². The minimum Gasteiger partial charge on any atom is -0.352 e. The molecule has 0 unspecified atom stereocenters. The Morgan fingerprint density at radius 2 is 2.08 bits per heavy atom. The summed E-state index contributed by atoms with van der Waals surface area (Å²) >= 11 is 6.27. The van der Waals surface area contributed by atoms with Gasteiger partial charge in [-0.25, -0.2) is 9.78 Å². The summed E-state index contributed by atoms with van der Waals surface area (Å²) in [4.78, 5) is 25.1. The first-order valence-corrected chi connectivity index (χ1v) is 8.35. The second-order valence-corrected chi connectivity index (χ2v) is 6.31. The molecule has 2 amide bonds. The number of carbonyl (C=O) groups is 1. The van der Waals surface area contributed by atoms with Crippen molar-refractivity contribution < 1.29 is 4.79 Å². The third-order valence-corrected chi connectivity index (χ3v) is 4.08. The maximum Gasteiger partial charge on any atom is 0.330 e. The van der Waals surface area contributed by atoms with Crippen molar-refractivity contribution in [1.29, 1.82) is 0 Å². The Morgan fingerprint density at radius 1 is 1.33 bits per heavy atom. The van der Waals surface area contributed by atoms with Crippen LogP contribution >= 0.6 is 11.6 Å². The molecule has 7 heteroatoms. The molecule has 1 aliphatic heterocycles. The number of halogens is 1. The third kappa shape index (κ3) is 3.01. The van der Waals surface area contributed by atoms with E-state index in [0.717, 1.165) is 5.56 Å². The predicted octanol–water partition coefficient (Wildman–Crippen LogP) is 3.92. The molecular weight excluding hydrogens is 326 g/mol. The van der Waals surface area contributed by atoms with Crippen molar-refractivity contribution in [1.82, 2.24) is 9.97 Å². The second kappa shape index (κ2) is 6.65. The number of nitrogens with one attached hydrogen (secondary N) is 1. The topological polar surface area (TPSA) is 61.4 Å². The first-order valence-electron chi connectivity index (χ1n) is 7.97. The Labute approximate surface area is 146 Å². The van der Waals surface area contributed by atoms with Gasteiger partial charge in [-0.05, 0) is 32.9 Å². The van der Waals surface area contributed by atoms with Crippen molar-refractivity contribution in [2.75, 3.05) is 21.7 Å². The van der Waals surface area contributed by atoms with Gasteiger partial charge in [0, 0.05) is 24.3 Å². The number of aromatic nitrogens is 2. The molecule has 1 aromatic carbocycles. The van der Waals surface area contributed by atoms with Gasteiger partial charge >= 0.3 is 6.03 Å². The molecule has 0 bridgehead atoms. The minimum atomic E-state index is -0.132. The molecule has 1 N–H and O–H groups in total. The number of amides is 2. The van der Waals surface area contributed by atoms with E-state index in [1.807, 2.05) is 39.0 Å². The highest BCUT2D eigenvalue weighted by molar-refractivity contribution is 6.34. The number of rotatable bonds is 4. The van der Waals surface area contributed by atoms with E-state index >= 15 is 0 Å². The van der Waals surface area contributed by atoms with Crippen molar-refractivity contribution in [3.8, 4) is 0 Å². The van der Waals surface area contributed by atoms with Crippen LogP contribution in [0.5, 0.6) is 0 Å². The van der Waals surface area contributed by atoms with Crippen LogP contribution in [0.15, 0.2) is 30.5 Å². The van der Waals surface area contributed by atoms with Crippen LogP contribution in [0.25, 0.3) is 0 Å². The minimum absolute atomic E-state index is 0.132. The van der Waals surface area contributed by atoms with E-state index < -0.39 is 0 Å². The number of hydrogen-bond acceptors (Lipinski definition) is 4. The molecule has 0 aliphatic carbocycles. The summed E-state index contributed by atoms with van der Waals surface area (Å²) in [5.74, 6) is 1.19. The molecule has 0 spiro atoms. The molecule has 1 aliphatic rings. The third-order valence-electron chi connectivity index (χ3n) is 3.76. The van der Waals surface area contributed by atoms with Crippen molar-refractivity contribution in [2.24, 2.45) is 0 Å². The molecule has 126 valence electrons. The second-order valence-electron chi connectivity index (χ2n) is 5.91. The highest BCUT2D eigenvalue weighted by atomic mass is 35.5. The summed E-state index contributed by atoms with van der Waals surface area (Å²) in [6.07, 6.45) is 1.77. The molecule has 2 aromatic rings. The largest absolute Gasteiger partial charge is 0.352 e. The summed E-state index contributed by atoms with van der Waals surface area (Å²) in [7, 11) is 0. The highest BCUT2D eigenvalue weighted by Crippen LogP contribution is 2.34. The lowest BCUT2D eigenvalue weighted by molar-refractivity contribution is 0.250. The van der Waals surface area contributed by atoms with Gasteiger partial charge < -0.3 is 5.32 Å². The number of nitrogens with zero attached hydrogens (tertiary/aromatic N) is 4. The van der Waals surface area contributed by atoms with Crippen molar-refractivity contribution in [3.05, 3.63) is 41.0 Å². The van der Waals surface area contributed by atoms with Crippen LogP contribution in [0.3, 0.4) is 0 Å². The van der Waals surface area contributed by atoms with Crippen LogP contribution in [-0.2, 0) is 6.54 Å². The molecule has 0 saturated heterocycles. The number of urea groups is 1. The standard InChI is InChI=1S/C17H20ClN5O/c1-4-22-15-12(9-19-16(21-15)20-11(2)3)10-23(17(22)24)14-8-6-5-7-13(14)18/h5-9,11H,4,10H2,1-3H3,(H,19,20,21). The van der Waals surface area contributed by atoms with Gasteiger partial charge in [0.1, 0.15) is 5.82 Å². The van der Waals surface area contributed by atoms with Crippen LogP contribution in [0, 0.1) is 0 Å². The fourth-order valence-corrected chi connectivity index (χ4v) is 2.93. The van der Waals surface area contributed by atoms with E-state index in [4.69, 9.17) is 11.6 Å². The molecule has 1 aromatic heterocycles. The zero-order valence-electron chi connectivity index (χ0n) is 14.0. The van der Waals surface area contributed by atoms with Crippen LogP contribution in [0.1, 0.15) is 26.3 Å². The van der Waals surface area contributed by atoms with E-state index in [1.165, 1.54) is 0 Å². The maximum absolute atomic E-state index is 12.9. The number of fused-ring (bicyclic) bond motifs is 1. The SMILES string of the molecule is CCN1C(=O)N(c2ccccc2Cl)Cc2cnc(NC(C)C)nc21. The normalized spacial score (nSPS) is 14.1. The van der Waals surface area contributed by atoms with E-state index in [1.54, 1.807) is 22.1 Å². The number of carbonyl (C=O) groups excluding carboxylic acids is 1. The zero-order valence-corrected chi connectivity index (χ0v) is 14.7. The fraction of sp³-hybridized carbons (Fsp3) is 0.353. The number of anilines is 3. The number of hydrogen-bond donors (Lipinski definition) is 1. The summed E-state index contributed by atoms with van der Waals surface area (Å²) < 4.78 is 0. The van der Waals surface area contributed by atoms with Crippen molar-refractivity contribution >= 4 is 35.1 Å². The molecule has 6 nitrogen and oxygen atoms in total. The van der Waals surface area contributed by atoms with E-state index in [-0.39, 0.29) is 12.1 Å². The van der Waals surface area contributed by atoms with Gasteiger partial charge in [0.25, 0.3) is 0 Å². The average molecular weight is 346 g/mol. The molecule has 3 rings (SSSR count). The Kier molecular flexibility index (Phi) is 4.57. The number of benzene rings is 1. The van der Waals surface area contributed by atoms with Gasteiger partial charge in [0.05, 0.1) is 17.3 Å². The number of para-hydroxylation sites is 1. The maximum atomic E-state index is 12.9. The van der Waals surface area contributed by atoms with E-state index in [9.17, 15) is 4.79 Å². The average Bonchev–Trinajstić information content (AvgIpc) is 2.55. The fourth-order valence-electron chi connectivity index (χ4n) is 2.69. The summed E-state index contributed by atoms with van der Waals surface area (Å²) in [6.45, 7) is 6.88. The Hall–Kier alpha value is -2.34. The summed E-state index contributed by atoms with van der Waals surface area (Å²) in [6, 6.07) is 7.42. The van der Waals surface area contributed by atoms with Crippen LogP contribution < -0.4 is 15.1 Å². The molecule has 24 heavy (non-hydrogen) atoms. The highest BCUT2D eigenvalue weighted by Gasteiger charge is 2.32. The van der Waals surface area contributed by atoms with Gasteiger partial charge in [-0.3, -0.25) is 9.80 Å². The van der Waals surface area contributed by atoms with Crippen molar-refractivity contribution in [2.45, 2.75) is 33.4 Å². The summed E-state index contributed by atoms with van der Waals surface area (Å²) in [5, 5.41) is 3.72. The molecule has 0 radical (unpaired) electrons. The molecular formula is C17H20ClN5O. The van der Waals surface area contributed by atoms with Crippen LogP contribution in [-0.4, -0.2) is 28.6 Å². The molecule has 2 heterocycles. The van der Waals surface area contributed by atoms with Crippen molar-refractivity contribution in [3.63, 3.8) is 0 Å². The smallest absolute Gasteiger partial charge is 0.330 e. The van der Waals surface area contributed by atoms with Gasteiger partial charge in [-0.2, -0.15) is 4.98 Å². The summed E-state index contributed by atoms with van der Waals surface area (Å²) in [5.41, 5.74) is 1.59. The molecule has 0 fully saturated rings. The van der Waals surface area contributed by atoms with Crippen LogP contribution in [0.2, 0.25) is 5.02 Å². The predicted molar refractivity (Wildman–Crippen MR) is 96.8 cm³/mol. The first-order chi connectivity index (χ1) is 11.5. The van der Waals surface area contributed by atoms with Gasteiger partial charge in [-0.1, -0.05) is 23.7 Å². The quantitative estimate of drug-likeness (QED) is 0.912. The first kappa shape index (κ1) is 16.5. The lowest BCUT2D eigenvalue weighted by atomic mass is 10.2. The van der Waals surface area contributed by atoms with E-state index in [2.05, 4.69) is 15.3 Å². The molecule has 0 atom stereocenters. The monoisotopic (exact) mass is 345 g/mol. The lowest BCUT2D eigenvalue weighted by Crippen LogP contribution is -2.48.